The van der Waals surface area contributed by atoms with E-state index in [2.05, 4.69) is 13.8 Å². The Hall–Kier alpha value is -1.55. The summed E-state index contributed by atoms with van der Waals surface area (Å²) in [6, 6.07) is 6.02. The number of nitrogens with two attached hydrogens (primary N) is 2. The number of primary amides is 1. The maximum atomic E-state index is 11.4. The lowest BCUT2D eigenvalue weighted by atomic mass is 9.80. The van der Waals surface area contributed by atoms with E-state index in [0.717, 1.165) is 18.6 Å². The maximum absolute atomic E-state index is 11.4. The number of benzene rings is 1. The van der Waals surface area contributed by atoms with E-state index in [9.17, 15) is 4.79 Å². The van der Waals surface area contributed by atoms with Crippen LogP contribution in [-0.2, 0) is 4.79 Å². The topological polar surface area (TPSA) is 78.3 Å². The standard InChI is InChI=1S/C15H22N2O2/c1-10-5-6-12(8-11(10)2)19-13-4-3-7-15(17,9-13)14(16)18/h5-6,8,13H,3-4,7,9,17H2,1-2H3,(H2,16,18). The Morgan fingerprint density at radius 1 is 1.37 bits per heavy atom. The van der Waals surface area contributed by atoms with E-state index in [-0.39, 0.29) is 6.10 Å². The van der Waals surface area contributed by atoms with Gasteiger partial charge in [0.1, 0.15) is 11.9 Å². The molecule has 2 rings (SSSR count). The van der Waals surface area contributed by atoms with Gasteiger partial charge in [0.2, 0.25) is 5.91 Å². The average Bonchev–Trinajstić information content (AvgIpc) is 2.34. The van der Waals surface area contributed by atoms with Gasteiger partial charge < -0.3 is 16.2 Å². The van der Waals surface area contributed by atoms with Crippen molar-refractivity contribution in [1.29, 1.82) is 0 Å². The SMILES string of the molecule is Cc1ccc(OC2CCCC(N)(C(N)=O)C2)cc1C. The van der Waals surface area contributed by atoms with E-state index in [4.69, 9.17) is 16.2 Å². The van der Waals surface area contributed by atoms with Crippen LogP contribution in [0, 0.1) is 13.8 Å². The zero-order valence-electron chi connectivity index (χ0n) is 11.6. The monoisotopic (exact) mass is 262 g/mol. The molecule has 4 nitrogen and oxygen atoms in total. The summed E-state index contributed by atoms with van der Waals surface area (Å²) in [5.41, 5.74) is 12.9. The Balaban J connectivity index is 2.06. The fourth-order valence-electron chi connectivity index (χ4n) is 2.56. The highest BCUT2D eigenvalue weighted by molar-refractivity contribution is 5.84. The van der Waals surface area contributed by atoms with E-state index in [1.807, 2.05) is 18.2 Å². The number of amides is 1. The minimum absolute atomic E-state index is 0.0339. The number of carbonyl (C=O) groups is 1. The third-order valence-corrected chi connectivity index (χ3v) is 4.01. The smallest absolute Gasteiger partial charge is 0.237 e. The second-order valence-electron chi connectivity index (χ2n) is 5.60. The first kappa shape index (κ1) is 13.9. The third-order valence-electron chi connectivity index (χ3n) is 4.01. The van der Waals surface area contributed by atoms with Gasteiger partial charge in [-0.3, -0.25) is 4.79 Å². The number of carbonyl (C=O) groups excluding carboxylic acids is 1. The van der Waals surface area contributed by atoms with Gasteiger partial charge in [-0.15, -0.1) is 0 Å². The van der Waals surface area contributed by atoms with Gasteiger partial charge in [0, 0.05) is 6.42 Å². The molecule has 1 fully saturated rings. The van der Waals surface area contributed by atoms with Crippen molar-refractivity contribution in [2.45, 2.75) is 51.2 Å². The van der Waals surface area contributed by atoms with E-state index in [1.54, 1.807) is 0 Å². The van der Waals surface area contributed by atoms with E-state index >= 15 is 0 Å². The number of aryl methyl sites for hydroxylation is 2. The van der Waals surface area contributed by atoms with E-state index < -0.39 is 11.4 Å². The molecule has 4 N–H and O–H groups in total. The Kier molecular flexibility index (Phi) is 3.80. The molecule has 0 heterocycles. The van der Waals surface area contributed by atoms with Crippen molar-refractivity contribution in [3.63, 3.8) is 0 Å². The van der Waals surface area contributed by atoms with Crippen LogP contribution in [0.1, 0.15) is 36.8 Å². The van der Waals surface area contributed by atoms with Gasteiger partial charge in [0.25, 0.3) is 0 Å². The Morgan fingerprint density at radius 3 is 2.74 bits per heavy atom. The maximum Gasteiger partial charge on any atom is 0.237 e. The van der Waals surface area contributed by atoms with Crippen molar-refractivity contribution in [3.8, 4) is 5.75 Å². The zero-order chi connectivity index (χ0) is 14.0. The van der Waals surface area contributed by atoms with Gasteiger partial charge >= 0.3 is 0 Å². The molecule has 0 bridgehead atoms. The first-order valence-electron chi connectivity index (χ1n) is 6.73. The largest absolute Gasteiger partial charge is 0.490 e. The number of hydrogen-bond donors (Lipinski definition) is 2. The highest BCUT2D eigenvalue weighted by atomic mass is 16.5. The second-order valence-corrected chi connectivity index (χ2v) is 5.60. The second kappa shape index (κ2) is 5.21. The van der Waals surface area contributed by atoms with Crippen molar-refractivity contribution in [3.05, 3.63) is 29.3 Å². The molecular formula is C15H22N2O2. The van der Waals surface area contributed by atoms with Gasteiger partial charge in [-0.25, -0.2) is 0 Å². The molecule has 4 heteroatoms. The minimum atomic E-state index is -0.914. The molecule has 0 spiro atoms. The Morgan fingerprint density at radius 2 is 2.11 bits per heavy atom. The first-order valence-corrected chi connectivity index (χ1v) is 6.73. The predicted molar refractivity (Wildman–Crippen MR) is 74.9 cm³/mol. The molecule has 0 aromatic heterocycles. The summed E-state index contributed by atoms with van der Waals surface area (Å²) in [6.07, 6.45) is 2.90. The summed E-state index contributed by atoms with van der Waals surface area (Å²) in [7, 11) is 0. The first-order chi connectivity index (χ1) is 8.90. The van der Waals surface area contributed by atoms with Gasteiger partial charge in [-0.05, 0) is 56.4 Å². The molecule has 0 aliphatic heterocycles. The molecule has 1 saturated carbocycles. The van der Waals surface area contributed by atoms with Crippen molar-refractivity contribution in [2.75, 3.05) is 0 Å². The molecule has 1 aromatic carbocycles. The average molecular weight is 262 g/mol. The van der Waals surface area contributed by atoms with E-state index in [0.29, 0.717) is 12.8 Å². The zero-order valence-corrected chi connectivity index (χ0v) is 11.6. The summed E-state index contributed by atoms with van der Waals surface area (Å²) < 4.78 is 5.95. The summed E-state index contributed by atoms with van der Waals surface area (Å²) >= 11 is 0. The van der Waals surface area contributed by atoms with Gasteiger partial charge in [0.05, 0.1) is 5.54 Å². The van der Waals surface area contributed by atoms with Crippen molar-refractivity contribution >= 4 is 5.91 Å². The van der Waals surface area contributed by atoms with Crippen molar-refractivity contribution in [2.24, 2.45) is 11.5 Å². The van der Waals surface area contributed by atoms with Gasteiger partial charge in [-0.2, -0.15) is 0 Å². The molecule has 1 amide bonds. The molecule has 1 aliphatic rings. The van der Waals surface area contributed by atoms with Crippen LogP contribution in [0.25, 0.3) is 0 Å². The molecular weight excluding hydrogens is 240 g/mol. The highest BCUT2D eigenvalue weighted by Crippen LogP contribution is 2.29. The Labute approximate surface area is 114 Å². The predicted octanol–water partition coefficient (Wildman–Crippen LogP) is 1.81. The summed E-state index contributed by atoms with van der Waals surface area (Å²) in [5.74, 6) is 0.405. The van der Waals surface area contributed by atoms with Crippen LogP contribution in [0.4, 0.5) is 0 Å². The van der Waals surface area contributed by atoms with Crippen LogP contribution in [0.3, 0.4) is 0 Å². The molecule has 1 aromatic rings. The van der Waals surface area contributed by atoms with E-state index in [1.165, 1.54) is 11.1 Å². The fraction of sp³-hybridized carbons (Fsp3) is 0.533. The van der Waals surface area contributed by atoms with Crippen LogP contribution < -0.4 is 16.2 Å². The molecule has 2 atom stereocenters. The summed E-state index contributed by atoms with van der Waals surface area (Å²) in [6.45, 7) is 4.12. The van der Waals surface area contributed by atoms with Crippen LogP contribution >= 0.6 is 0 Å². The molecule has 0 saturated heterocycles. The lowest BCUT2D eigenvalue weighted by Gasteiger charge is -2.35. The van der Waals surface area contributed by atoms with Crippen molar-refractivity contribution in [1.82, 2.24) is 0 Å². The fourth-order valence-corrected chi connectivity index (χ4v) is 2.56. The molecule has 1 aliphatic carbocycles. The number of hydrogen-bond acceptors (Lipinski definition) is 3. The lowest BCUT2D eigenvalue weighted by molar-refractivity contribution is -0.125. The third kappa shape index (κ3) is 3.07. The quantitative estimate of drug-likeness (QED) is 0.872. The van der Waals surface area contributed by atoms with Crippen LogP contribution in [0.2, 0.25) is 0 Å². The summed E-state index contributed by atoms with van der Waals surface area (Å²) in [4.78, 5) is 11.4. The molecule has 2 unspecified atom stereocenters. The Bertz CT molecular complexity index is 487. The van der Waals surface area contributed by atoms with Crippen LogP contribution in [0.15, 0.2) is 18.2 Å². The lowest BCUT2D eigenvalue weighted by Crippen LogP contribution is -2.56. The summed E-state index contributed by atoms with van der Waals surface area (Å²) in [5, 5.41) is 0. The van der Waals surface area contributed by atoms with Gasteiger partial charge in [0.15, 0.2) is 0 Å². The normalized spacial score (nSPS) is 27.0. The van der Waals surface area contributed by atoms with Crippen LogP contribution in [0.5, 0.6) is 5.75 Å². The van der Waals surface area contributed by atoms with Gasteiger partial charge in [-0.1, -0.05) is 6.07 Å². The van der Waals surface area contributed by atoms with Crippen LogP contribution in [-0.4, -0.2) is 17.6 Å². The molecule has 104 valence electrons. The molecule has 0 radical (unpaired) electrons. The highest BCUT2D eigenvalue weighted by Gasteiger charge is 2.38. The number of ether oxygens (including phenoxy) is 1. The van der Waals surface area contributed by atoms with Crippen molar-refractivity contribution < 1.29 is 9.53 Å². The molecule has 19 heavy (non-hydrogen) atoms. The number of rotatable bonds is 3. The minimum Gasteiger partial charge on any atom is -0.490 e.